The molecule has 0 bridgehead atoms. The Morgan fingerprint density at radius 2 is 1.17 bits per heavy atom. The third-order valence-electron chi connectivity index (χ3n) is 15.3. The van der Waals surface area contributed by atoms with Gasteiger partial charge in [0.2, 0.25) is 20.0 Å². The van der Waals surface area contributed by atoms with Crippen LogP contribution in [0.15, 0.2) is 91.3 Å². The highest BCUT2D eigenvalue weighted by Gasteiger charge is 2.49. The highest BCUT2D eigenvalue weighted by Crippen LogP contribution is 2.51. The van der Waals surface area contributed by atoms with Crippen molar-refractivity contribution in [3.05, 3.63) is 153 Å². The highest BCUT2D eigenvalue weighted by molar-refractivity contribution is 7.92. The van der Waals surface area contributed by atoms with Gasteiger partial charge in [0, 0.05) is 78.6 Å². The van der Waals surface area contributed by atoms with Crippen molar-refractivity contribution < 1.29 is 54.2 Å². The van der Waals surface area contributed by atoms with Crippen molar-refractivity contribution in [3.63, 3.8) is 0 Å². The van der Waals surface area contributed by atoms with E-state index in [9.17, 15) is 40.3 Å². The molecule has 0 saturated heterocycles. The molecule has 81 heavy (non-hydrogen) atoms. The second kappa shape index (κ2) is 23.6. The van der Waals surface area contributed by atoms with Crippen LogP contribution in [0, 0.1) is 11.6 Å². The van der Waals surface area contributed by atoms with E-state index in [4.69, 9.17) is 18.9 Å². The average Bonchev–Trinajstić information content (AvgIpc) is 4.23. The molecule has 7 aromatic rings. The number of aromatic hydroxyl groups is 1. The van der Waals surface area contributed by atoms with Gasteiger partial charge in [-0.3, -0.25) is 28.2 Å². The van der Waals surface area contributed by atoms with E-state index in [0.29, 0.717) is 74.4 Å². The fourth-order valence-corrected chi connectivity index (χ4v) is 19.1. The number of nitrogens with zero attached hydrogens (tertiary/aromatic N) is 5. The summed E-state index contributed by atoms with van der Waals surface area (Å²) in [5.41, 5.74) is 7.47. The Bertz CT molecular complexity index is 3770. The van der Waals surface area contributed by atoms with Gasteiger partial charge in [-0.15, -0.1) is 0 Å². The topological polar surface area (TPSA) is 198 Å². The van der Waals surface area contributed by atoms with E-state index < -0.39 is 34.3 Å². The number of nitrogens with one attached hydrogen (secondary N) is 1. The molecule has 9 rings (SSSR count). The summed E-state index contributed by atoms with van der Waals surface area (Å²) < 4.78 is 100.0. The normalized spacial score (nSPS) is 13.4. The number of sulfonamides is 2. The molecule has 0 saturated carbocycles. The van der Waals surface area contributed by atoms with E-state index in [0.717, 1.165) is 34.1 Å². The number of amides is 2. The summed E-state index contributed by atoms with van der Waals surface area (Å²) in [5, 5.41) is 14.4. The molecule has 0 aliphatic carbocycles. The Morgan fingerprint density at radius 3 is 1.64 bits per heavy atom. The van der Waals surface area contributed by atoms with Gasteiger partial charge in [-0.2, -0.15) is 0 Å². The molecule has 0 radical (unpaired) electrons. The zero-order valence-electron chi connectivity index (χ0n) is 47.8. The quantitative estimate of drug-likeness (QED) is 0.0728. The smallest absolute Gasteiger partial charge is 0.258 e. The molecule has 2 aliphatic rings. The van der Waals surface area contributed by atoms with E-state index in [1.165, 1.54) is 39.1 Å². The van der Waals surface area contributed by atoms with Crippen molar-refractivity contribution in [1.82, 2.24) is 20.2 Å². The fraction of sp³-hybridized carbons (Fsp3) is 0.367. The predicted molar refractivity (Wildman–Crippen MR) is 315 cm³/mol. The van der Waals surface area contributed by atoms with Crippen LogP contribution >= 0.6 is 0 Å². The number of phenolic OH excluding ortho intramolecular Hbond substituents is 1. The summed E-state index contributed by atoms with van der Waals surface area (Å²) in [6, 6.07) is 21.5. The van der Waals surface area contributed by atoms with Gasteiger partial charge >= 0.3 is 0 Å². The summed E-state index contributed by atoms with van der Waals surface area (Å²) in [7, 11) is -6.94. The van der Waals surface area contributed by atoms with Crippen LogP contribution in [0.4, 0.5) is 20.2 Å². The molecule has 2 aromatic heterocycles. The van der Waals surface area contributed by atoms with Gasteiger partial charge in [0.25, 0.3) is 20.1 Å². The number of rotatable bonds is 19. The van der Waals surface area contributed by atoms with Crippen LogP contribution in [-0.2, 0) is 52.5 Å². The lowest BCUT2D eigenvalue weighted by Crippen LogP contribution is -2.51. The van der Waals surface area contributed by atoms with Crippen molar-refractivity contribution in [2.75, 3.05) is 48.4 Å². The number of carbonyl (C=O) groups excluding carboxylic acids is 2. The predicted octanol–water partition coefficient (Wildman–Crippen LogP) is 11.2. The number of halogens is 2. The molecule has 0 spiro atoms. The van der Waals surface area contributed by atoms with Gasteiger partial charge in [-0.1, -0.05) is 65.8 Å². The van der Waals surface area contributed by atoms with Gasteiger partial charge in [0.1, 0.15) is 39.9 Å². The number of benzene rings is 5. The molecule has 2 N–H and O–H groups in total. The van der Waals surface area contributed by atoms with Gasteiger partial charge in [0.15, 0.2) is 5.75 Å². The number of carbonyl (C=O) groups is 2. The number of fused-ring (bicyclic) bond motifs is 4. The summed E-state index contributed by atoms with van der Waals surface area (Å²) in [6.07, 6.45) is 6.48. The molecule has 2 aliphatic heterocycles. The van der Waals surface area contributed by atoms with Crippen LogP contribution in [-0.4, -0.2) is 96.8 Å². The molecule has 0 unspecified atom stereocenters. The maximum absolute atomic E-state index is 14.8. The Morgan fingerprint density at radius 1 is 0.679 bits per heavy atom. The van der Waals surface area contributed by atoms with E-state index in [-0.39, 0.29) is 83.7 Å². The molecule has 5 aromatic carbocycles. The van der Waals surface area contributed by atoms with Crippen LogP contribution in [0.2, 0.25) is 16.6 Å². The Balaban J connectivity index is 0.000000243. The molecule has 4 heterocycles. The van der Waals surface area contributed by atoms with Gasteiger partial charge < -0.3 is 29.2 Å². The van der Waals surface area contributed by atoms with Crippen molar-refractivity contribution in [2.45, 2.75) is 104 Å². The van der Waals surface area contributed by atoms with Gasteiger partial charge in [0.05, 0.1) is 49.2 Å². The molecule has 0 atom stereocenters. The van der Waals surface area contributed by atoms with Crippen LogP contribution in [0.25, 0.3) is 21.8 Å². The molecular weight excluding hydrogens is 1090 g/mol. The van der Waals surface area contributed by atoms with Gasteiger partial charge in [-0.05, 0) is 114 Å². The number of aromatic nitrogens is 2. The van der Waals surface area contributed by atoms with Crippen molar-refractivity contribution in [1.29, 1.82) is 0 Å². The van der Waals surface area contributed by atoms with E-state index in [2.05, 4.69) is 51.8 Å². The summed E-state index contributed by atoms with van der Waals surface area (Å²) >= 11 is 0. The Kier molecular flexibility index (Phi) is 17.4. The largest absolute Gasteiger partial charge is 0.541 e. The fourth-order valence-electron chi connectivity index (χ4n) is 11.8. The maximum Gasteiger partial charge on any atom is 0.258 e. The first-order valence-corrected chi connectivity index (χ1v) is 32.7. The third-order valence-corrected chi connectivity index (χ3v) is 23.8. The lowest BCUT2D eigenvalue weighted by atomic mass is 9.98. The molecule has 0 fully saturated rings. The minimum Gasteiger partial charge on any atom is -0.541 e. The van der Waals surface area contributed by atoms with E-state index in [1.807, 2.05) is 18.2 Å². The number of ether oxygens (including phenoxy) is 2. The Labute approximate surface area is 474 Å². The van der Waals surface area contributed by atoms with E-state index in [1.54, 1.807) is 81.8 Å². The number of pyridine rings is 2. The standard InChI is InChI=1S/C39H50FN3O6SSi.C21H20FN3O4S/c1-11-43(50(10,45)46)37-32-19-28(18-27-12-15-30(40)16-13-27)21-41-36(32)38(49-51(24(2)3,25(4)5)26(6)7)35-33(37)23-42(39(35)44)22-29-14-17-31(47-8)20-34(29)48-9;1-3-25(30(2,28)29)19-15-9-13(8-12-4-6-14(22)7-5-12)10-23-18(15)20(26)17-16(19)11-24-21(17)27/h12-17,19-21,24-26H,11,18,22-23H2,1-10H3;4-7,9-10,26H,3,8,11H2,1-2H3,(H,24,27). The number of hydrogen-bond donors (Lipinski definition) is 2. The van der Waals surface area contributed by atoms with Crippen LogP contribution in [0.1, 0.15) is 115 Å². The van der Waals surface area contributed by atoms with Crippen molar-refractivity contribution in [2.24, 2.45) is 0 Å². The van der Waals surface area contributed by atoms with Gasteiger partial charge in [-0.25, -0.2) is 25.6 Å². The van der Waals surface area contributed by atoms with Crippen LogP contribution < -0.4 is 27.8 Å². The Hall–Kier alpha value is -7.36. The first-order chi connectivity index (χ1) is 38.3. The van der Waals surface area contributed by atoms with Crippen LogP contribution in [0.3, 0.4) is 0 Å². The maximum atomic E-state index is 14.8. The average molecular weight is 1170 g/mol. The van der Waals surface area contributed by atoms with Crippen molar-refractivity contribution in [3.8, 4) is 23.0 Å². The highest BCUT2D eigenvalue weighted by atomic mass is 32.2. The monoisotopic (exact) mass is 1160 g/mol. The molecule has 21 heteroatoms. The molecule has 430 valence electrons. The minimum absolute atomic E-state index is 0.0541. The molecular formula is C60H70F2N6O10S2Si. The summed E-state index contributed by atoms with van der Waals surface area (Å²) in [4.78, 5) is 38.1. The molecule has 16 nitrogen and oxygen atoms in total. The van der Waals surface area contributed by atoms with Crippen LogP contribution in [0.5, 0.6) is 23.0 Å². The van der Waals surface area contributed by atoms with Crippen molar-refractivity contribution >= 4 is 73.4 Å². The summed E-state index contributed by atoms with van der Waals surface area (Å²) in [5.74, 6) is -0.0327. The third kappa shape index (κ3) is 11.7. The number of hydrogen-bond acceptors (Lipinski definition) is 12. The zero-order valence-corrected chi connectivity index (χ0v) is 50.4. The minimum atomic E-state index is -3.79. The second-order valence-corrected chi connectivity index (χ2v) is 30.7. The van der Waals surface area contributed by atoms with E-state index >= 15 is 0 Å². The first kappa shape index (κ1) is 59.8. The number of phenols is 1. The number of methoxy groups -OCH3 is 2. The lowest BCUT2D eigenvalue weighted by Gasteiger charge is -2.42. The number of anilines is 2. The first-order valence-electron chi connectivity index (χ1n) is 26.8. The SMILES string of the molecule is CCN(c1c2c(c(O)c3ncc(Cc4ccc(F)cc4)cc13)C(=O)NC2)S(C)(=O)=O.CCN(c1c2c(c(O[Si](C(C)C)(C(C)C)C(C)C)c3ncc(Cc4ccc(F)cc4)cc13)C(=O)N(Cc1ccc(OC)cc1OC)C2)S(C)(=O)=O. The lowest BCUT2D eigenvalue weighted by molar-refractivity contribution is 0.0764. The molecule has 2 amide bonds. The zero-order chi connectivity index (χ0) is 59.0. The summed E-state index contributed by atoms with van der Waals surface area (Å²) in [6.45, 7) is 17.4. The second-order valence-electron chi connectivity index (χ2n) is 21.5.